The van der Waals surface area contributed by atoms with E-state index in [9.17, 15) is 9.90 Å². The van der Waals surface area contributed by atoms with Gasteiger partial charge in [-0.1, -0.05) is 19.3 Å². The molecule has 4 nitrogen and oxygen atoms in total. The summed E-state index contributed by atoms with van der Waals surface area (Å²) < 4.78 is 0. The third-order valence-corrected chi connectivity index (χ3v) is 5.19. The van der Waals surface area contributed by atoms with Gasteiger partial charge in [0.2, 0.25) is 5.91 Å². The molecule has 1 atom stereocenters. The molecule has 0 bridgehead atoms. The quantitative estimate of drug-likeness (QED) is 0.856. The number of nitrogens with zero attached hydrogens (tertiary/aromatic N) is 2. The smallest absolute Gasteiger partial charge is 0.236 e. The summed E-state index contributed by atoms with van der Waals surface area (Å²) in [6.45, 7) is 4.32. The van der Waals surface area contributed by atoms with Crippen LogP contribution in [-0.2, 0) is 4.79 Å². The van der Waals surface area contributed by atoms with Crippen molar-refractivity contribution in [3.05, 3.63) is 0 Å². The molecule has 20 heavy (non-hydrogen) atoms. The fourth-order valence-electron chi connectivity index (χ4n) is 3.57. The van der Waals surface area contributed by atoms with Crippen LogP contribution in [0.3, 0.4) is 0 Å². The predicted octanol–water partition coefficient (Wildman–Crippen LogP) is 1.87. The zero-order valence-corrected chi connectivity index (χ0v) is 13.1. The van der Waals surface area contributed by atoms with Crippen molar-refractivity contribution in [2.45, 2.75) is 64.0 Å². The van der Waals surface area contributed by atoms with Crippen LogP contribution in [0.5, 0.6) is 0 Å². The van der Waals surface area contributed by atoms with E-state index in [1.165, 1.54) is 32.1 Å². The third kappa shape index (κ3) is 4.19. The molecule has 1 aliphatic heterocycles. The highest BCUT2D eigenvalue weighted by atomic mass is 16.3. The average molecular weight is 282 g/mol. The Hall–Kier alpha value is -0.610. The van der Waals surface area contributed by atoms with E-state index in [1.807, 2.05) is 18.9 Å². The first kappa shape index (κ1) is 15.8. The molecule has 1 N–H and O–H groups in total. The third-order valence-electron chi connectivity index (χ3n) is 5.19. The van der Waals surface area contributed by atoms with Gasteiger partial charge in [-0.3, -0.25) is 9.69 Å². The number of aliphatic hydroxyl groups excluding tert-OH is 1. The molecule has 1 amide bonds. The fourth-order valence-corrected chi connectivity index (χ4v) is 3.57. The predicted molar refractivity (Wildman–Crippen MR) is 80.5 cm³/mol. The van der Waals surface area contributed by atoms with Gasteiger partial charge in [0.05, 0.1) is 12.6 Å². The maximum absolute atomic E-state index is 12.4. The minimum Gasteiger partial charge on any atom is -0.393 e. The van der Waals surface area contributed by atoms with Crippen LogP contribution in [-0.4, -0.2) is 59.6 Å². The standard InChI is InChI=1S/C16H30N2O2/c1-13(19)14-8-10-18(11-9-14)12-16(20)17(2)15-6-4-3-5-7-15/h13-15,19H,3-12H2,1-2H3. The zero-order valence-electron chi connectivity index (χ0n) is 13.1. The number of amides is 1. The van der Waals surface area contributed by atoms with Crippen molar-refractivity contribution in [1.82, 2.24) is 9.80 Å². The van der Waals surface area contributed by atoms with Crippen molar-refractivity contribution >= 4 is 5.91 Å². The summed E-state index contributed by atoms with van der Waals surface area (Å²) in [5.74, 6) is 0.685. The molecule has 0 spiro atoms. The van der Waals surface area contributed by atoms with Crippen molar-refractivity contribution in [3.63, 3.8) is 0 Å². The molecule has 0 aromatic carbocycles. The molecule has 4 heteroatoms. The van der Waals surface area contributed by atoms with Crippen LogP contribution in [0, 0.1) is 5.92 Å². The molecule has 2 fully saturated rings. The first-order valence-corrected chi connectivity index (χ1v) is 8.24. The van der Waals surface area contributed by atoms with Crippen molar-refractivity contribution < 1.29 is 9.90 Å². The molecular weight excluding hydrogens is 252 g/mol. The summed E-state index contributed by atoms with van der Waals surface area (Å²) in [6.07, 6.45) is 8.02. The Kier molecular flexibility index (Phi) is 5.85. The highest BCUT2D eigenvalue weighted by molar-refractivity contribution is 5.78. The van der Waals surface area contributed by atoms with Crippen LogP contribution in [0.15, 0.2) is 0 Å². The Morgan fingerprint density at radius 2 is 1.80 bits per heavy atom. The van der Waals surface area contributed by atoms with E-state index in [0.717, 1.165) is 25.9 Å². The summed E-state index contributed by atoms with van der Waals surface area (Å²) in [5.41, 5.74) is 0. The summed E-state index contributed by atoms with van der Waals surface area (Å²) in [4.78, 5) is 16.6. The van der Waals surface area contributed by atoms with E-state index >= 15 is 0 Å². The van der Waals surface area contributed by atoms with E-state index in [2.05, 4.69) is 4.90 Å². The first-order chi connectivity index (χ1) is 9.58. The Labute approximate surface area is 123 Å². The molecule has 0 radical (unpaired) electrons. The van der Waals surface area contributed by atoms with Crippen LogP contribution in [0.25, 0.3) is 0 Å². The number of hydrogen-bond acceptors (Lipinski definition) is 3. The van der Waals surface area contributed by atoms with E-state index < -0.39 is 0 Å². The highest BCUT2D eigenvalue weighted by Gasteiger charge is 2.27. The monoisotopic (exact) mass is 282 g/mol. The average Bonchev–Trinajstić information content (AvgIpc) is 2.48. The molecule has 1 saturated carbocycles. The Morgan fingerprint density at radius 1 is 1.20 bits per heavy atom. The molecule has 1 saturated heterocycles. The van der Waals surface area contributed by atoms with E-state index in [1.54, 1.807) is 0 Å². The van der Waals surface area contributed by atoms with Crippen LogP contribution < -0.4 is 0 Å². The molecule has 1 heterocycles. The number of carbonyl (C=O) groups is 1. The number of carbonyl (C=O) groups excluding carboxylic acids is 1. The van der Waals surface area contributed by atoms with Gasteiger partial charge >= 0.3 is 0 Å². The van der Waals surface area contributed by atoms with Gasteiger partial charge in [0.1, 0.15) is 0 Å². The second kappa shape index (κ2) is 7.41. The minimum absolute atomic E-state index is 0.210. The van der Waals surface area contributed by atoms with Crippen LogP contribution in [0.1, 0.15) is 51.9 Å². The van der Waals surface area contributed by atoms with E-state index in [-0.39, 0.29) is 12.0 Å². The van der Waals surface area contributed by atoms with Gasteiger partial charge < -0.3 is 10.0 Å². The van der Waals surface area contributed by atoms with Crippen LogP contribution in [0.4, 0.5) is 0 Å². The van der Waals surface area contributed by atoms with Crippen molar-refractivity contribution in [3.8, 4) is 0 Å². The second-order valence-corrected chi connectivity index (χ2v) is 6.65. The summed E-state index contributed by atoms with van der Waals surface area (Å²) in [5, 5.41) is 9.61. The topological polar surface area (TPSA) is 43.8 Å². The molecular formula is C16H30N2O2. The van der Waals surface area contributed by atoms with Gasteiger partial charge in [0.25, 0.3) is 0 Å². The lowest BCUT2D eigenvalue weighted by atomic mass is 9.92. The largest absolute Gasteiger partial charge is 0.393 e. The lowest BCUT2D eigenvalue weighted by Crippen LogP contribution is -2.46. The number of piperidine rings is 1. The molecule has 2 rings (SSSR count). The number of likely N-dealkylation sites (N-methyl/N-ethyl adjacent to an activating group) is 1. The highest BCUT2D eigenvalue weighted by Crippen LogP contribution is 2.23. The summed E-state index contributed by atoms with van der Waals surface area (Å²) in [7, 11) is 1.97. The lowest BCUT2D eigenvalue weighted by molar-refractivity contribution is -0.134. The Morgan fingerprint density at radius 3 is 2.35 bits per heavy atom. The van der Waals surface area contributed by atoms with E-state index in [0.29, 0.717) is 18.5 Å². The minimum atomic E-state index is -0.210. The number of rotatable bonds is 4. The van der Waals surface area contributed by atoms with Crippen molar-refractivity contribution in [2.24, 2.45) is 5.92 Å². The van der Waals surface area contributed by atoms with Gasteiger partial charge in [-0.2, -0.15) is 0 Å². The summed E-state index contributed by atoms with van der Waals surface area (Å²) in [6, 6.07) is 0.464. The van der Waals surface area contributed by atoms with Gasteiger partial charge in [-0.05, 0) is 51.6 Å². The maximum Gasteiger partial charge on any atom is 0.236 e. The molecule has 0 aromatic heterocycles. The van der Waals surface area contributed by atoms with Gasteiger partial charge in [0, 0.05) is 13.1 Å². The van der Waals surface area contributed by atoms with Crippen molar-refractivity contribution in [1.29, 1.82) is 0 Å². The molecule has 116 valence electrons. The van der Waals surface area contributed by atoms with Gasteiger partial charge in [-0.25, -0.2) is 0 Å². The number of hydrogen-bond donors (Lipinski definition) is 1. The Bertz CT molecular complexity index is 306. The van der Waals surface area contributed by atoms with Crippen molar-refractivity contribution in [2.75, 3.05) is 26.7 Å². The Balaban J connectivity index is 1.74. The molecule has 2 aliphatic rings. The zero-order chi connectivity index (χ0) is 14.5. The fraction of sp³-hybridized carbons (Fsp3) is 0.938. The maximum atomic E-state index is 12.4. The molecule has 1 aliphatic carbocycles. The lowest BCUT2D eigenvalue weighted by Gasteiger charge is -2.36. The van der Waals surface area contributed by atoms with E-state index in [4.69, 9.17) is 0 Å². The molecule has 0 aromatic rings. The van der Waals surface area contributed by atoms with Gasteiger partial charge in [-0.15, -0.1) is 0 Å². The normalized spacial score (nSPS) is 24.6. The van der Waals surface area contributed by atoms with Crippen LogP contribution in [0.2, 0.25) is 0 Å². The van der Waals surface area contributed by atoms with Crippen LogP contribution >= 0.6 is 0 Å². The first-order valence-electron chi connectivity index (χ1n) is 8.24. The van der Waals surface area contributed by atoms with Gasteiger partial charge in [0.15, 0.2) is 0 Å². The number of aliphatic hydroxyl groups is 1. The number of likely N-dealkylation sites (tertiary alicyclic amines) is 1. The second-order valence-electron chi connectivity index (χ2n) is 6.65. The SMILES string of the molecule is CC(O)C1CCN(CC(=O)N(C)C2CCCCC2)CC1. The molecule has 1 unspecified atom stereocenters. The summed E-state index contributed by atoms with van der Waals surface area (Å²) >= 11 is 0.